The van der Waals surface area contributed by atoms with Crippen LogP contribution in [0.25, 0.3) is 0 Å². The van der Waals surface area contributed by atoms with E-state index in [9.17, 15) is 13.2 Å². The average Bonchev–Trinajstić information content (AvgIpc) is 2.36. The van der Waals surface area contributed by atoms with Crippen LogP contribution in [0.2, 0.25) is 0 Å². The molecule has 0 aromatic heterocycles. The molecule has 1 unspecified atom stereocenters. The van der Waals surface area contributed by atoms with Gasteiger partial charge < -0.3 is 5.73 Å². The highest BCUT2D eigenvalue weighted by atomic mass is 32.2. The van der Waals surface area contributed by atoms with Gasteiger partial charge in [-0.05, 0) is 42.8 Å². The summed E-state index contributed by atoms with van der Waals surface area (Å²) in [6.45, 7) is 1.76. The van der Waals surface area contributed by atoms with Crippen molar-refractivity contribution in [3.05, 3.63) is 59.4 Å². The quantitative estimate of drug-likeness (QED) is 0.910. The SMILES string of the molecule is CC(N)c1ccc(Sc2ccc(F)c(F)c2)c(F)c1. The molecule has 0 fully saturated rings. The minimum absolute atomic E-state index is 0.253. The highest BCUT2D eigenvalue weighted by Gasteiger charge is 2.09. The predicted molar refractivity (Wildman–Crippen MR) is 69.5 cm³/mol. The summed E-state index contributed by atoms with van der Waals surface area (Å²) in [4.78, 5) is 0.779. The first-order chi connectivity index (χ1) is 8.97. The van der Waals surface area contributed by atoms with Crippen LogP contribution in [-0.2, 0) is 0 Å². The van der Waals surface area contributed by atoms with Gasteiger partial charge in [-0.25, -0.2) is 13.2 Å². The molecule has 0 radical (unpaired) electrons. The van der Waals surface area contributed by atoms with Gasteiger partial charge in [-0.15, -0.1) is 0 Å². The van der Waals surface area contributed by atoms with E-state index in [0.29, 0.717) is 15.4 Å². The van der Waals surface area contributed by atoms with Gasteiger partial charge in [0.2, 0.25) is 0 Å². The van der Waals surface area contributed by atoms with E-state index in [1.807, 2.05) is 0 Å². The summed E-state index contributed by atoms with van der Waals surface area (Å²) in [7, 11) is 0. The number of nitrogens with two attached hydrogens (primary N) is 1. The number of benzene rings is 2. The van der Waals surface area contributed by atoms with E-state index in [1.165, 1.54) is 12.1 Å². The van der Waals surface area contributed by atoms with E-state index in [2.05, 4.69) is 0 Å². The smallest absolute Gasteiger partial charge is 0.159 e. The van der Waals surface area contributed by atoms with Gasteiger partial charge in [0.25, 0.3) is 0 Å². The Bertz CT molecular complexity index is 599. The Morgan fingerprint density at radius 1 is 0.947 bits per heavy atom. The van der Waals surface area contributed by atoms with Crippen LogP contribution in [0.3, 0.4) is 0 Å². The number of rotatable bonds is 3. The third-order valence-corrected chi connectivity index (χ3v) is 3.64. The molecule has 0 spiro atoms. The van der Waals surface area contributed by atoms with Gasteiger partial charge in [0.15, 0.2) is 11.6 Å². The summed E-state index contributed by atoms with van der Waals surface area (Å²) in [5.41, 5.74) is 6.34. The molecule has 1 atom stereocenters. The first-order valence-electron chi connectivity index (χ1n) is 5.65. The number of hydrogen-bond donors (Lipinski definition) is 1. The van der Waals surface area contributed by atoms with Crippen LogP contribution in [0.5, 0.6) is 0 Å². The Balaban J connectivity index is 2.25. The summed E-state index contributed by atoms with van der Waals surface area (Å²) in [5.74, 6) is -2.29. The van der Waals surface area contributed by atoms with E-state index < -0.39 is 17.5 Å². The summed E-state index contributed by atoms with van der Waals surface area (Å²) in [6, 6.07) is 7.87. The largest absolute Gasteiger partial charge is 0.324 e. The Morgan fingerprint density at radius 3 is 2.26 bits per heavy atom. The third kappa shape index (κ3) is 3.30. The fraction of sp³-hybridized carbons (Fsp3) is 0.143. The zero-order valence-electron chi connectivity index (χ0n) is 10.2. The summed E-state index contributed by atoms with van der Waals surface area (Å²) in [6.07, 6.45) is 0. The van der Waals surface area contributed by atoms with Crippen molar-refractivity contribution in [2.75, 3.05) is 0 Å². The summed E-state index contributed by atoms with van der Waals surface area (Å²) < 4.78 is 39.7. The monoisotopic (exact) mass is 283 g/mol. The molecule has 2 N–H and O–H groups in total. The van der Waals surface area contributed by atoms with Crippen LogP contribution in [0, 0.1) is 17.5 Å². The van der Waals surface area contributed by atoms with Crippen molar-refractivity contribution in [1.82, 2.24) is 0 Å². The summed E-state index contributed by atoms with van der Waals surface area (Å²) in [5, 5.41) is 0. The minimum atomic E-state index is -0.947. The highest BCUT2D eigenvalue weighted by molar-refractivity contribution is 7.99. The zero-order valence-corrected chi connectivity index (χ0v) is 11.0. The van der Waals surface area contributed by atoms with Crippen LogP contribution in [0.15, 0.2) is 46.2 Å². The second-order valence-corrected chi connectivity index (χ2v) is 5.27. The maximum Gasteiger partial charge on any atom is 0.159 e. The zero-order chi connectivity index (χ0) is 14.0. The van der Waals surface area contributed by atoms with Gasteiger partial charge in [0.1, 0.15) is 5.82 Å². The van der Waals surface area contributed by atoms with E-state index in [4.69, 9.17) is 5.73 Å². The molecule has 2 rings (SSSR count). The Morgan fingerprint density at radius 2 is 1.68 bits per heavy atom. The van der Waals surface area contributed by atoms with E-state index in [1.54, 1.807) is 19.1 Å². The molecular weight excluding hydrogens is 271 g/mol. The molecule has 2 aromatic carbocycles. The first-order valence-corrected chi connectivity index (χ1v) is 6.47. The number of halogens is 3. The van der Waals surface area contributed by atoms with Crippen molar-refractivity contribution < 1.29 is 13.2 Å². The lowest BCUT2D eigenvalue weighted by molar-refractivity contribution is 0.506. The molecule has 0 amide bonds. The third-order valence-electron chi connectivity index (χ3n) is 2.60. The van der Waals surface area contributed by atoms with Gasteiger partial charge in [0, 0.05) is 15.8 Å². The average molecular weight is 283 g/mol. The Labute approximate surface area is 113 Å². The molecule has 0 aliphatic rings. The molecule has 0 heterocycles. The van der Waals surface area contributed by atoms with E-state index >= 15 is 0 Å². The first kappa shape index (κ1) is 14.0. The fourth-order valence-corrected chi connectivity index (χ4v) is 2.40. The molecule has 5 heteroatoms. The van der Waals surface area contributed by atoms with Crippen molar-refractivity contribution in [1.29, 1.82) is 0 Å². The normalized spacial score (nSPS) is 12.5. The molecule has 0 aliphatic heterocycles. The maximum absolute atomic E-state index is 13.8. The van der Waals surface area contributed by atoms with Crippen molar-refractivity contribution in [3.8, 4) is 0 Å². The minimum Gasteiger partial charge on any atom is -0.324 e. The fourth-order valence-electron chi connectivity index (χ4n) is 1.55. The lowest BCUT2D eigenvalue weighted by Crippen LogP contribution is -2.05. The topological polar surface area (TPSA) is 26.0 Å². The predicted octanol–water partition coefficient (Wildman–Crippen LogP) is 4.27. The Hall–Kier alpha value is -1.46. The van der Waals surface area contributed by atoms with Gasteiger partial charge in [-0.2, -0.15) is 0 Å². The van der Waals surface area contributed by atoms with Gasteiger partial charge >= 0.3 is 0 Å². The van der Waals surface area contributed by atoms with Crippen molar-refractivity contribution in [2.24, 2.45) is 5.73 Å². The van der Waals surface area contributed by atoms with Gasteiger partial charge in [0.05, 0.1) is 0 Å². The van der Waals surface area contributed by atoms with Crippen LogP contribution < -0.4 is 5.73 Å². The maximum atomic E-state index is 13.8. The molecule has 0 bridgehead atoms. The Kier molecular flexibility index (Phi) is 4.17. The van der Waals surface area contributed by atoms with Gasteiger partial charge in [-0.3, -0.25) is 0 Å². The van der Waals surface area contributed by atoms with Crippen molar-refractivity contribution >= 4 is 11.8 Å². The van der Waals surface area contributed by atoms with E-state index in [0.717, 1.165) is 23.9 Å². The second-order valence-electron chi connectivity index (χ2n) is 4.16. The molecule has 0 saturated heterocycles. The van der Waals surface area contributed by atoms with Crippen LogP contribution in [0.1, 0.15) is 18.5 Å². The highest BCUT2D eigenvalue weighted by Crippen LogP contribution is 2.31. The molecule has 19 heavy (non-hydrogen) atoms. The van der Waals surface area contributed by atoms with Crippen molar-refractivity contribution in [3.63, 3.8) is 0 Å². The standard InChI is InChI=1S/C14H12F3NS/c1-8(18)9-2-5-14(13(17)6-9)19-10-3-4-11(15)12(16)7-10/h2-8H,18H2,1H3. The van der Waals surface area contributed by atoms with Crippen LogP contribution >= 0.6 is 11.8 Å². The van der Waals surface area contributed by atoms with Crippen LogP contribution in [0.4, 0.5) is 13.2 Å². The van der Waals surface area contributed by atoms with E-state index in [-0.39, 0.29) is 6.04 Å². The molecular formula is C14H12F3NS. The molecule has 0 aliphatic carbocycles. The summed E-state index contributed by atoms with van der Waals surface area (Å²) >= 11 is 1.04. The molecule has 1 nitrogen and oxygen atoms in total. The van der Waals surface area contributed by atoms with Crippen LogP contribution in [-0.4, -0.2) is 0 Å². The molecule has 2 aromatic rings. The van der Waals surface area contributed by atoms with Crippen molar-refractivity contribution in [2.45, 2.75) is 22.8 Å². The second kappa shape index (κ2) is 5.67. The molecule has 0 saturated carbocycles. The number of hydrogen-bond acceptors (Lipinski definition) is 2. The van der Waals surface area contributed by atoms with Gasteiger partial charge in [-0.1, -0.05) is 17.8 Å². The lowest BCUT2D eigenvalue weighted by Gasteiger charge is -2.08. The molecule has 100 valence electrons. The lowest BCUT2D eigenvalue weighted by atomic mass is 10.1.